The van der Waals surface area contributed by atoms with Gasteiger partial charge < -0.3 is 0 Å². The summed E-state index contributed by atoms with van der Waals surface area (Å²) in [6.07, 6.45) is 0.475. The van der Waals surface area contributed by atoms with Crippen molar-refractivity contribution in [2.24, 2.45) is 5.11 Å². The fourth-order valence-corrected chi connectivity index (χ4v) is 3.18. The molecular weight excluding hydrogens is 278 g/mol. The maximum atomic E-state index is 11.4. The zero-order valence-electron chi connectivity index (χ0n) is 10.2. The lowest BCUT2D eigenvalue weighted by molar-refractivity contribution is 0.483. The summed E-state index contributed by atoms with van der Waals surface area (Å²) in [4.78, 5) is 2.31. The fraction of sp³-hybridized carbons (Fsp3) is 0.0769. The van der Waals surface area contributed by atoms with E-state index in [1.165, 1.54) is 6.07 Å². The van der Waals surface area contributed by atoms with Crippen molar-refractivity contribution in [3.05, 3.63) is 58.0 Å². The van der Waals surface area contributed by atoms with Crippen LogP contribution in [0, 0.1) is 0 Å². The standard InChI is InChI=1S/C13H9N3O3S/c14-16-15-13-11-7-8-3-1-2-4-9(8)10(11)5-6-12(13)20(17,18)19/h1-6H,7H2,(H,17,18,19). The normalized spacial score (nSPS) is 12.4. The second kappa shape index (κ2) is 4.35. The molecule has 1 aliphatic rings. The summed E-state index contributed by atoms with van der Waals surface area (Å²) in [6, 6.07) is 10.5. The Hall–Kier alpha value is -2.34. The van der Waals surface area contributed by atoms with Crippen LogP contribution in [0.3, 0.4) is 0 Å². The molecule has 0 amide bonds. The average Bonchev–Trinajstić information content (AvgIpc) is 2.77. The highest BCUT2D eigenvalue weighted by Crippen LogP contribution is 2.43. The molecular formula is C13H9N3O3S. The minimum absolute atomic E-state index is 0.0244. The van der Waals surface area contributed by atoms with E-state index in [0.29, 0.717) is 12.0 Å². The van der Waals surface area contributed by atoms with Crippen LogP contribution in [0.15, 0.2) is 46.4 Å². The van der Waals surface area contributed by atoms with Crippen molar-refractivity contribution in [3.63, 3.8) is 0 Å². The first kappa shape index (κ1) is 12.7. The topological polar surface area (TPSA) is 103 Å². The molecule has 1 aliphatic carbocycles. The molecule has 0 aliphatic heterocycles. The van der Waals surface area contributed by atoms with Gasteiger partial charge in [-0.25, -0.2) is 0 Å². The van der Waals surface area contributed by atoms with Crippen LogP contribution in [0.25, 0.3) is 21.6 Å². The lowest BCUT2D eigenvalue weighted by atomic mass is 10.1. The van der Waals surface area contributed by atoms with Crippen molar-refractivity contribution < 1.29 is 13.0 Å². The van der Waals surface area contributed by atoms with Gasteiger partial charge in [0.25, 0.3) is 10.1 Å². The van der Waals surface area contributed by atoms with Gasteiger partial charge in [-0.2, -0.15) is 8.42 Å². The number of hydrogen-bond acceptors (Lipinski definition) is 3. The lowest BCUT2D eigenvalue weighted by Crippen LogP contribution is -2.00. The Morgan fingerprint density at radius 3 is 2.60 bits per heavy atom. The Morgan fingerprint density at radius 2 is 1.90 bits per heavy atom. The third-order valence-corrected chi connectivity index (χ3v) is 4.23. The first-order chi connectivity index (χ1) is 9.52. The van der Waals surface area contributed by atoms with E-state index < -0.39 is 10.1 Å². The first-order valence-electron chi connectivity index (χ1n) is 5.79. The highest BCUT2D eigenvalue weighted by molar-refractivity contribution is 7.86. The summed E-state index contributed by atoms with van der Waals surface area (Å²) < 4.78 is 32.0. The fourth-order valence-electron chi connectivity index (χ4n) is 2.54. The van der Waals surface area contributed by atoms with Gasteiger partial charge in [-0.1, -0.05) is 35.4 Å². The number of rotatable bonds is 2. The van der Waals surface area contributed by atoms with Crippen molar-refractivity contribution in [1.82, 2.24) is 0 Å². The van der Waals surface area contributed by atoms with Crippen LogP contribution in [0.1, 0.15) is 11.1 Å². The summed E-state index contributed by atoms with van der Waals surface area (Å²) in [5.41, 5.74) is 12.1. The number of hydrogen-bond donors (Lipinski definition) is 1. The van der Waals surface area contributed by atoms with Crippen molar-refractivity contribution in [1.29, 1.82) is 0 Å². The molecule has 2 aromatic rings. The summed E-state index contributed by atoms with van der Waals surface area (Å²) in [7, 11) is -4.43. The zero-order valence-corrected chi connectivity index (χ0v) is 11.0. The molecule has 100 valence electrons. The van der Waals surface area contributed by atoms with Gasteiger partial charge in [0.05, 0.1) is 5.69 Å². The van der Waals surface area contributed by atoms with Gasteiger partial charge in [0.2, 0.25) is 0 Å². The summed E-state index contributed by atoms with van der Waals surface area (Å²) in [5, 5.41) is 3.47. The molecule has 0 radical (unpaired) electrons. The monoisotopic (exact) mass is 287 g/mol. The van der Waals surface area contributed by atoms with Crippen LogP contribution in [0.5, 0.6) is 0 Å². The SMILES string of the molecule is [N-]=[N+]=Nc1c(S(=O)(=O)O)ccc2c1Cc1ccccc1-2. The van der Waals surface area contributed by atoms with Gasteiger partial charge in [0.15, 0.2) is 0 Å². The maximum absolute atomic E-state index is 11.4. The second-order valence-electron chi connectivity index (χ2n) is 4.44. The van der Waals surface area contributed by atoms with Gasteiger partial charge in [0.1, 0.15) is 4.90 Å². The van der Waals surface area contributed by atoms with Crippen LogP contribution in [0.2, 0.25) is 0 Å². The lowest BCUT2D eigenvalue weighted by Gasteiger charge is -2.08. The van der Waals surface area contributed by atoms with Crippen LogP contribution < -0.4 is 0 Å². The van der Waals surface area contributed by atoms with Crippen LogP contribution in [0.4, 0.5) is 5.69 Å². The van der Waals surface area contributed by atoms with E-state index in [4.69, 9.17) is 5.53 Å². The highest BCUT2D eigenvalue weighted by atomic mass is 32.2. The van der Waals surface area contributed by atoms with Gasteiger partial charge in [-0.05, 0) is 40.3 Å². The molecule has 0 saturated carbocycles. The minimum atomic E-state index is -4.43. The van der Waals surface area contributed by atoms with Crippen LogP contribution in [-0.2, 0) is 16.5 Å². The molecule has 0 bridgehead atoms. The molecule has 0 saturated heterocycles. The molecule has 0 fully saturated rings. The van der Waals surface area contributed by atoms with Gasteiger partial charge in [-0.3, -0.25) is 4.55 Å². The minimum Gasteiger partial charge on any atom is -0.282 e. The average molecular weight is 287 g/mol. The van der Waals surface area contributed by atoms with E-state index in [1.807, 2.05) is 24.3 Å². The summed E-state index contributed by atoms with van der Waals surface area (Å²) in [6.45, 7) is 0. The number of nitrogens with zero attached hydrogens (tertiary/aromatic N) is 3. The Bertz CT molecular complexity index is 868. The van der Waals surface area contributed by atoms with E-state index in [9.17, 15) is 13.0 Å². The molecule has 7 heteroatoms. The van der Waals surface area contributed by atoms with E-state index in [-0.39, 0.29) is 10.6 Å². The molecule has 1 N–H and O–H groups in total. The Balaban J connectivity index is 2.35. The van der Waals surface area contributed by atoms with Gasteiger partial charge in [-0.15, -0.1) is 0 Å². The molecule has 0 heterocycles. The molecule has 0 atom stereocenters. The predicted molar refractivity (Wildman–Crippen MR) is 73.3 cm³/mol. The Kier molecular flexibility index (Phi) is 2.76. The van der Waals surface area contributed by atoms with Gasteiger partial charge in [0, 0.05) is 4.91 Å². The van der Waals surface area contributed by atoms with E-state index >= 15 is 0 Å². The number of fused-ring (bicyclic) bond motifs is 3. The maximum Gasteiger partial charge on any atom is 0.294 e. The number of azide groups is 1. The third kappa shape index (κ3) is 1.85. The first-order valence-corrected chi connectivity index (χ1v) is 7.23. The highest BCUT2D eigenvalue weighted by Gasteiger charge is 2.25. The van der Waals surface area contributed by atoms with Crippen molar-refractivity contribution >= 4 is 15.8 Å². The van der Waals surface area contributed by atoms with E-state index in [1.54, 1.807) is 6.07 Å². The Morgan fingerprint density at radius 1 is 1.15 bits per heavy atom. The second-order valence-corrected chi connectivity index (χ2v) is 5.83. The molecule has 6 nitrogen and oxygen atoms in total. The summed E-state index contributed by atoms with van der Waals surface area (Å²) in [5.74, 6) is 0. The molecule has 3 rings (SSSR count). The summed E-state index contributed by atoms with van der Waals surface area (Å²) >= 11 is 0. The van der Waals surface area contributed by atoms with Crippen molar-refractivity contribution in [2.45, 2.75) is 11.3 Å². The van der Waals surface area contributed by atoms with Crippen LogP contribution >= 0.6 is 0 Å². The van der Waals surface area contributed by atoms with E-state index in [2.05, 4.69) is 10.0 Å². The largest absolute Gasteiger partial charge is 0.294 e. The van der Waals surface area contributed by atoms with Gasteiger partial charge >= 0.3 is 0 Å². The molecule has 0 aromatic heterocycles. The van der Waals surface area contributed by atoms with E-state index in [0.717, 1.165) is 16.7 Å². The van der Waals surface area contributed by atoms with Crippen molar-refractivity contribution in [2.75, 3.05) is 0 Å². The molecule has 0 spiro atoms. The smallest absolute Gasteiger partial charge is 0.282 e. The predicted octanol–water partition coefficient (Wildman–Crippen LogP) is 3.45. The molecule has 0 unspecified atom stereocenters. The molecule has 20 heavy (non-hydrogen) atoms. The zero-order chi connectivity index (χ0) is 14.3. The Labute approximate surface area is 115 Å². The van der Waals surface area contributed by atoms with Crippen molar-refractivity contribution in [3.8, 4) is 11.1 Å². The number of benzene rings is 2. The third-order valence-electron chi connectivity index (χ3n) is 3.34. The quantitative estimate of drug-likeness (QED) is 0.338. The molecule has 2 aromatic carbocycles. The van der Waals surface area contributed by atoms with Crippen LogP contribution in [-0.4, -0.2) is 13.0 Å².